The summed E-state index contributed by atoms with van der Waals surface area (Å²) in [6, 6.07) is 0.737. The monoisotopic (exact) mass is 195 g/mol. The molecular weight excluding hydrogens is 174 g/mol. The summed E-state index contributed by atoms with van der Waals surface area (Å²) >= 11 is 0. The number of rotatable bonds is 2. The van der Waals surface area contributed by atoms with E-state index < -0.39 is 0 Å². The van der Waals surface area contributed by atoms with Crippen LogP contribution in [0.3, 0.4) is 0 Å². The van der Waals surface area contributed by atoms with Gasteiger partial charge in [0, 0.05) is 18.9 Å². The quantitative estimate of drug-likeness (QED) is 0.673. The summed E-state index contributed by atoms with van der Waals surface area (Å²) in [4.78, 5) is 14.0. The highest BCUT2D eigenvalue weighted by Gasteiger charge is 2.35. The van der Waals surface area contributed by atoms with Crippen LogP contribution in [0.1, 0.15) is 45.4 Å². The lowest BCUT2D eigenvalue weighted by molar-refractivity contribution is -0.124. The predicted octanol–water partition coefficient (Wildman–Crippen LogP) is 2.23. The van der Waals surface area contributed by atoms with Crippen molar-refractivity contribution in [2.75, 3.05) is 13.1 Å². The van der Waals surface area contributed by atoms with E-state index in [4.69, 9.17) is 0 Å². The highest BCUT2D eigenvalue weighted by atomic mass is 16.1. The van der Waals surface area contributed by atoms with E-state index in [9.17, 15) is 4.79 Å². The van der Waals surface area contributed by atoms with Crippen LogP contribution in [0, 0.1) is 5.92 Å². The molecule has 2 atom stereocenters. The maximum Gasteiger partial charge on any atom is 0.133 e. The van der Waals surface area contributed by atoms with Gasteiger partial charge in [0.2, 0.25) is 0 Å². The van der Waals surface area contributed by atoms with Crippen LogP contribution in [0.15, 0.2) is 0 Å². The number of Topliss-reactive ketones (excluding diaryl/α,β-unsaturated/α-hetero) is 1. The van der Waals surface area contributed by atoms with E-state index in [2.05, 4.69) is 11.8 Å². The molecule has 0 aromatic carbocycles. The minimum Gasteiger partial charge on any atom is -0.300 e. The Balaban J connectivity index is 1.98. The van der Waals surface area contributed by atoms with E-state index in [-0.39, 0.29) is 0 Å². The SMILES string of the molecule is CCCN1CCCC2CC(=O)CCC21. The smallest absolute Gasteiger partial charge is 0.133 e. The van der Waals surface area contributed by atoms with Crippen LogP contribution in [0.5, 0.6) is 0 Å². The van der Waals surface area contributed by atoms with E-state index in [1.165, 1.54) is 32.4 Å². The van der Waals surface area contributed by atoms with Crippen LogP contribution in [-0.2, 0) is 4.79 Å². The number of ketones is 1. The van der Waals surface area contributed by atoms with Crippen molar-refractivity contribution in [1.82, 2.24) is 4.90 Å². The Labute approximate surface area is 86.7 Å². The highest BCUT2D eigenvalue weighted by molar-refractivity contribution is 5.79. The van der Waals surface area contributed by atoms with Crippen molar-refractivity contribution >= 4 is 5.78 Å². The van der Waals surface area contributed by atoms with Gasteiger partial charge >= 0.3 is 0 Å². The molecule has 2 aliphatic rings. The molecule has 2 unspecified atom stereocenters. The summed E-state index contributed by atoms with van der Waals surface area (Å²) in [5, 5.41) is 0. The molecule has 0 bridgehead atoms. The third kappa shape index (κ3) is 2.00. The molecule has 2 fully saturated rings. The van der Waals surface area contributed by atoms with Crippen molar-refractivity contribution in [3.05, 3.63) is 0 Å². The van der Waals surface area contributed by atoms with Gasteiger partial charge in [-0.1, -0.05) is 6.92 Å². The third-order valence-corrected chi connectivity index (χ3v) is 3.75. The van der Waals surface area contributed by atoms with Gasteiger partial charge in [0.25, 0.3) is 0 Å². The zero-order chi connectivity index (χ0) is 9.97. The van der Waals surface area contributed by atoms with Crippen LogP contribution in [0.25, 0.3) is 0 Å². The summed E-state index contributed by atoms with van der Waals surface area (Å²) in [6.07, 6.45) is 6.66. The number of fused-ring (bicyclic) bond motifs is 1. The zero-order valence-electron chi connectivity index (χ0n) is 9.17. The number of nitrogens with zero attached hydrogens (tertiary/aromatic N) is 1. The molecule has 2 rings (SSSR count). The Morgan fingerprint density at radius 1 is 1.43 bits per heavy atom. The average Bonchev–Trinajstić information content (AvgIpc) is 2.18. The normalized spacial score (nSPS) is 34.2. The van der Waals surface area contributed by atoms with Crippen LogP contribution >= 0.6 is 0 Å². The first-order valence-corrected chi connectivity index (χ1v) is 6.07. The molecule has 80 valence electrons. The number of piperidine rings is 1. The summed E-state index contributed by atoms with van der Waals surface area (Å²) < 4.78 is 0. The maximum atomic E-state index is 11.4. The van der Waals surface area contributed by atoms with Gasteiger partial charge in [0.05, 0.1) is 0 Å². The Morgan fingerprint density at radius 3 is 3.07 bits per heavy atom. The standard InChI is InChI=1S/C12H21NO/c1-2-7-13-8-3-4-10-9-11(14)5-6-12(10)13/h10,12H,2-9H2,1H3. The van der Waals surface area contributed by atoms with Crippen molar-refractivity contribution in [1.29, 1.82) is 0 Å². The topological polar surface area (TPSA) is 20.3 Å². The van der Waals surface area contributed by atoms with Gasteiger partial charge in [0.1, 0.15) is 5.78 Å². The van der Waals surface area contributed by atoms with Gasteiger partial charge in [-0.05, 0) is 44.7 Å². The van der Waals surface area contributed by atoms with E-state index >= 15 is 0 Å². The zero-order valence-corrected chi connectivity index (χ0v) is 9.17. The molecule has 0 amide bonds. The second kappa shape index (κ2) is 4.43. The second-order valence-electron chi connectivity index (χ2n) is 4.79. The van der Waals surface area contributed by atoms with Gasteiger partial charge in [0.15, 0.2) is 0 Å². The van der Waals surface area contributed by atoms with E-state index in [1.807, 2.05) is 0 Å². The number of carbonyl (C=O) groups excluding carboxylic acids is 1. The van der Waals surface area contributed by atoms with Crippen LogP contribution in [0.2, 0.25) is 0 Å². The molecule has 0 spiro atoms. The van der Waals surface area contributed by atoms with E-state index in [0.29, 0.717) is 11.7 Å². The fourth-order valence-corrected chi connectivity index (χ4v) is 3.14. The van der Waals surface area contributed by atoms with Gasteiger partial charge in [-0.2, -0.15) is 0 Å². The van der Waals surface area contributed by atoms with Crippen LogP contribution in [0.4, 0.5) is 0 Å². The van der Waals surface area contributed by atoms with Crippen molar-refractivity contribution < 1.29 is 4.79 Å². The first kappa shape index (κ1) is 10.2. The van der Waals surface area contributed by atoms with Crippen molar-refractivity contribution in [2.45, 2.75) is 51.5 Å². The van der Waals surface area contributed by atoms with Gasteiger partial charge < -0.3 is 4.90 Å². The second-order valence-corrected chi connectivity index (χ2v) is 4.79. The molecule has 14 heavy (non-hydrogen) atoms. The Hall–Kier alpha value is -0.370. The Morgan fingerprint density at radius 2 is 2.29 bits per heavy atom. The molecule has 1 aliphatic heterocycles. The largest absolute Gasteiger partial charge is 0.300 e. The number of likely N-dealkylation sites (tertiary alicyclic amines) is 1. The molecule has 2 heteroatoms. The van der Waals surface area contributed by atoms with E-state index in [1.54, 1.807) is 0 Å². The first-order valence-electron chi connectivity index (χ1n) is 6.07. The Bertz CT molecular complexity index is 212. The average molecular weight is 195 g/mol. The maximum absolute atomic E-state index is 11.4. The van der Waals surface area contributed by atoms with Crippen molar-refractivity contribution in [3.8, 4) is 0 Å². The van der Waals surface area contributed by atoms with E-state index in [0.717, 1.165) is 25.3 Å². The molecule has 0 N–H and O–H groups in total. The summed E-state index contributed by atoms with van der Waals surface area (Å²) in [5.74, 6) is 1.20. The summed E-state index contributed by atoms with van der Waals surface area (Å²) in [5.41, 5.74) is 0. The molecule has 0 aromatic heterocycles. The fourth-order valence-electron chi connectivity index (χ4n) is 3.14. The molecule has 1 saturated carbocycles. The minimum absolute atomic E-state index is 0.504. The lowest BCUT2D eigenvalue weighted by Gasteiger charge is -2.43. The molecule has 2 nitrogen and oxygen atoms in total. The van der Waals surface area contributed by atoms with Crippen molar-refractivity contribution in [2.24, 2.45) is 5.92 Å². The first-order chi connectivity index (χ1) is 6.81. The molecule has 1 saturated heterocycles. The number of hydrogen-bond acceptors (Lipinski definition) is 2. The highest BCUT2D eigenvalue weighted by Crippen LogP contribution is 2.33. The molecule has 0 aromatic rings. The number of hydrogen-bond donors (Lipinski definition) is 0. The molecule has 0 radical (unpaired) electrons. The van der Waals surface area contributed by atoms with Gasteiger partial charge in [-0.15, -0.1) is 0 Å². The third-order valence-electron chi connectivity index (χ3n) is 3.75. The van der Waals surface area contributed by atoms with Crippen LogP contribution < -0.4 is 0 Å². The van der Waals surface area contributed by atoms with Crippen molar-refractivity contribution in [3.63, 3.8) is 0 Å². The Kier molecular flexibility index (Phi) is 3.22. The van der Waals surface area contributed by atoms with Gasteiger partial charge in [-0.3, -0.25) is 4.79 Å². The lowest BCUT2D eigenvalue weighted by Crippen LogP contribution is -2.48. The molecule has 1 heterocycles. The lowest BCUT2D eigenvalue weighted by atomic mass is 9.78. The summed E-state index contributed by atoms with van der Waals surface area (Å²) in [6.45, 7) is 4.75. The summed E-state index contributed by atoms with van der Waals surface area (Å²) in [7, 11) is 0. The minimum atomic E-state index is 0.504. The number of carbonyl (C=O) groups is 1. The molecular formula is C12H21NO. The predicted molar refractivity (Wildman–Crippen MR) is 57.2 cm³/mol. The fraction of sp³-hybridized carbons (Fsp3) is 0.917. The van der Waals surface area contributed by atoms with Gasteiger partial charge in [-0.25, -0.2) is 0 Å². The molecule has 1 aliphatic carbocycles. The van der Waals surface area contributed by atoms with Crippen LogP contribution in [-0.4, -0.2) is 29.8 Å².